The number of hydrogen-bond acceptors (Lipinski definition) is 3. The fourth-order valence-electron chi connectivity index (χ4n) is 1.32. The molecule has 1 rings (SSSR count). The lowest BCUT2D eigenvalue weighted by Crippen LogP contribution is -2.24. The van der Waals surface area contributed by atoms with Crippen molar-refractivity contribution in [3.63, 3.8) is 0 Å². The van der Waals surface area contributed by atoms with Gasteiger partial charge in [0, 0.05) is 6.42 Å². The molecule has 94 valence electrons. The number of carbonyl (C=O) groups excluding carboxylic acids is 1. The average molecular weight is 276 g/mol. The van der Waals surface area contributed by atoms with E-state index in [9.17, 15) is 4.79 Å². The highest BCUT2D eigenvalue weighted by Gasteiger charge is 2.17. The molecule has 0 radical (unpaired) electrons. The molecule has 1 atom stereocenters. The van der Waals surface area contributed by atoms with E-state index in [1.165, 1.54) is 0 Å². The Morgan fingerprint density at radius 2 is 2.00 bits per heavy atom. The lowest BCUT2D eigenvalue weighted by atomic mass is 10.1. The highest BCUT2D eigenvalue weighted by Crippen LogP contribution is 2.33. The molecule has 0 fully saturated rings. The summed E-state index contributed by atoms with van der Waals surface area (Å²) in [7, 11) is 0. The first kappa shape index (κ1) is 14.3. The number of ketones is 1. The van der Waals surface area contributed by atoms with Gasteiger partial charge in [0.15, 0.2) is 17.6 Å². The minimum atomic E-state index is -0.570. The maximum Gasteiger partial charge on any atom is 0.173 e. The van der Waals surface area contributed by atoms with Gasteiger partial charge < -0.3 is 10.5 Å². The third-order valence-electron chi connectivity index (χ3n) is 2.29. The Morgan fingerprint density at radius 3 is 2.53 bits per heavy atom. The molecule has 17 heavy (non-hydrogen) atoms. The quantitative estimate of drug-likeness (QED) is 0.868. The number of rotatable bonds is 6. The predicted octanol–water partition coefficient (Wildman–Crippen LogP) is 3.07. The van der Waals surface area contributed by atoms with Crippen molar-refractivity contribution < 1.29 is 9.53 Å². The van der Waals surface area contributed by atoms with Gasteiger partial charge in [-0.25, -0.2) is 0 Å². The molecule has 0 heterocycles. The van der Waals surface area contributed by atoms with Gasteiger partial charge in [0.05, 0.1) is 10.0 Å². The molecule has 0 aliphatic carbocycles. The highest BCUT2D eigenvalue weighted by atomic mass is 35.5. The Kier molecular flexibility index (Phi) is 5.75. The first-order chi connectivity index (χ1) is 8.06. The van der Waals surface area contributed by atoms with E-state index in [2.05, 4.69) is 0 Å². The molecule has 0 unspecified atom stereocenters. The molecule has 0 spiro atoms. The summed E-state index contributed by atoms with van der Waals surface area (Å²) in [6.07, 6.45) is 0.488. The van der Waals surface area contributed by atoms with Crippen molar-refractivity contribution in [1.82, 2.24) is 0 Å². The van der Waals surface area contributed by atoms with Crippen LogP contribution >= 0.6 is 23.2 Å². The Bertz CT molecular complexity index is 376. The van der Waals surface area contributed by atoms with E-state index >= 15 is 0 Å². The van der Waals surface area contributed by atoms with Crippen LogP contribution in [0.1, 0.15) is 19.8 Å². The van der Waals surface area contributed by atoms with Crippen molar-refractivity contribution in [2.24, 2.45) is 5.73 Å². The van der Waals surface area contributed by atoms with E-state index in [0.717, 1.165) is 0 Å². The predicted molar refractivity (Wildman–Crippen MR) is 69.8 cm³/mol. The van der Waals surface area contributed by atoms with Gasteiger partial charge >= 0.3 is 0 Å². The second-order valence-electron chi connectivity index (χ2n) is 3.67. The van der Waals surface area contributed by atoms with Crippen molar-refractivity contribution in [3.8, 4) is 5.75 Å². The lowest BCUT2D eigenvalue weighted by molar-refractivity contribution is -0.125. The summed E-state index contributed by atoms with van der Waals surface area (Å²) in [6, 6.07) is 5.05. The monoisotopic (exact) mass is 275 g/mol. The molecule has 3 nitrogen and oxygen atoms in total. The standard InChI is InChI=1S/C12H15Cl2NO2/c1-8(11(16)6-3-7-15)17-12-9(13)4-2-5-10(12)14/h2,4-5,8H,3,6-7,15H2,1H3/t8-/m0/s1. The number of carbonyl (C=O) groups is 1. The second-order valence-corrected chi connectivity index (χ2v) is 4.48. The van der Waals surface area contributed by atoms with E-state index in [4.69, 9.17) is 33.7 Å². The van der Waals surface area contributed by atoms with Crippen LogP contribution in [0, 0.1) is 0 Å². The van der Waals surface area contributed by atoms with Crippen LogP contribution in [-0.2, 0) is 4.79 Å². The molecule has 0 aromatic heterocycles. The van der Waals surface area contributed by atoms with Crippen LogP contribution in [0.2, 0.25) is 10.0 Å². The Hall–Kier alpha value is -0.770. The minimum Gasteiger partial charge on any atom is -0.480 e. The zero-order valence-electron chi connectivity index (χ0n) is 9.58. The van der Waals surface area contributed by atoms with Crippen LogP contribution in [0.3, 0.4) is 0 Å². The van der Waals surface area contributed by atoms with E-state index < -0.39 is 6.10 Å². The molecule has 0 aliphatic rings. The summed E-state index contributed by atoms with van der Waals surface area (Å²) >= 11 is 11.9. The summed E-state index contributed by atoms with van der Waals surface area (Å²) in [6.45, 7) is 2.17. The van der Waals surface area contributed by atoms with Gasteiger partial charge in [-0.2, -0.15) is 0 Å². The summed E-state index contributed by atoms with van der Waals surface area (Å²) in [5, 5.41) is 0.798. The summed E-state index contributed by atoms with van der Waals surface area (Å²) in [5.74, 6) is 0.343. The van der Waals surface area contributed by atoms with Crippen molar-refractivity contribution >= 4 is 29.0 Å². The molecule has 0 bridgehead atoms. The largest absolute Gasteiger partial charge is 0.480 e. The van der Waals surface area contributed by atoms with Crippen molar-refractivity contribution in [1.29, 1.82) is 0 Å². The van der Waals surface area contributed by atoms with E-state index in [0.29, 0.717) is 35.2 Å². The zero-order chi connectivity index (χ0) is 12.8. The topological polar surface area (TPSA) is 52.3 Å². The molecule has 0 saturated carbocycles. The normalized spacial score (nSPS) is 12.2. The maximum absolute atomic E-state index is 11.7. The fraction of sp³-hybridized carbons (Fsp3) is 0.417. The van der Waals surface area contributed by atoms with Crippen LogP contribution in [0.15, 0.2) is 18.2 Å². The maximum atomic E-state index is 11.7. The molecule has 2 N–H and O–H groups in total. The third-order valence-corrected chi connectivity index (χ3v) is 2.89. The number of nitrogens with two attached hydrogens (primary N) is 1. The van der Waals surface area contributed by atoms with Crippen LogP contribution in [0.25, 0.3) is 0 Å². The number of para-hydroxylation sites is 1. The summed E-state index contributed by atoms with van der Waals surface area (Å²) < 4.78 is 5.48. The van der Waals surface area contributed by atoms with E-state index in [-0.39, 0.29) is 5.78 Å². The second kappa shape index (κ2) is 6.84. The van der Waals surface area contributed by atoms with Gasteiger partial charge in [-0.1, -0.05) is 29.3 Å². The number of halogens is 2. The molecule has 0 aliphatic heterocycles. The number of hydrogen-bond donors (Lipinski definition) is 1. The highest BCUT2D eigenvalue weighted by molar-refractivity contribution is 6.37. The SMILES string of the molecule is C[C@H](Oc1c(Cl)cccc1Cl)C(=O)CCCN. The smallest absolute Gasteiger partial charge is 0.173 e. The van der Waals surface area contributed by atoms with Crippen molar-refractivity contribution in [2.75, 3.05) is 6.54 Å². The van der Waals surface area contributed by atoms with Crippen LogP contribution in [-0.4, -0.2) is 18.4 Å². The molecule has 1 aromatic rings. The van der Waals surface area contributed by atoms with Crippen LogP contribution in [0.4, 0.5) is 0 Å². The van der Waals surface area contributed by atoms with Gasteiger partial charge in [0.1, 0.15) is 0 Å². The first-order valence-electron chi connectivity index (χ1n) is 5.39. The average Bonchev–Trinajstić information content (AvgIpc) is 2.30. The number of ether oxygens (including phenoxy) is 1. The van der Waals surface area contributed by atoms with Crippen molar-refractivity contribution in [3.05, 3.63) is 28.2 Å². The molecular weight excluding hydrogens is 261 g/mol. The van der Waals surface area contributed by atoms with Crippen molar-refractivity contribution in [2.45, 2.75) is 25.9 Å². The number of benzene rings is 1. The zero-order valence-corrected chi connectivity index (χ0v) is 11.1. The van der Waals surface area contributed by atoms with Gasteiger partial charge in [-0.05, 0) is 32.0 Å². The van der Waals surface area contributed by atoms with Gasteiger partial charge in [0.25, 0.3) is 0 Å². The molecule has 5 heteroatoms. The number of Topliss-reactive ketones (excluding diaryl/α,β-unsaturated/α-hetero) is 1. The molecular formula is C12H15Cl2NO2. The Balaban J connectivity index is 2.67. The van der Waals surface area contributed by atoms with Gasteiger partial charge in [-0.15, -0.1) is 0 Å². The molecule has 1 aromatic carbocycles. The Labute approximate surface area is 111 Å². The van der Waals surface area contributed by atoms with E-state index in [1.54, 1.807) is 25.1 Å². The summed E-state index contributed by atoms with van der Waals surface area (Å²) in [5.41, 5.74) is 5.34. The summed E-state index contributed by atoms with van der Waals surface area (Å²) in [4.78, 5) is 11.7. The molecule has 0 saturated heterocycles. The van der Waals surface area contributed by atoms with Crippen LogP contribution in [0.5, 0.6) is 5.75 Å². The third kappa shape index (κ3) is 4.19. The van der Waals surface area contributed by atoms with Gasteiger partial charge in [-0.3, -0.25) is 4.79 Å². The minimum absolute atomic E-state index is 0.00793. The lowest BCUT2D eigenvalue weighted by Gasteiger charge is -2.15. The first-order valence-corrected chi connectivity index (χ1v) is 6.15. The Morgan fingerprint density at radius 1 is 1.41 bits per heavy atom. The van der Waals surface area contributed by atoms with Crippen LogP contribution < -0.4 is 10.5 Å². The van der Waals surface area contributed by atoms with E-state index in [1.807, 2.05) is 0 Å². The van der Waals surface area contributed by atoms with Gasteiger partial charge in [0.2, 0.25) is 0 Å². The fourth-order valence-corrected chi connectivity index (χ4v) is 1.80. The molecule has 0 amide bonds.